The average molecular weight is 310 g/mol. The molecule has 1 heterocycles. The Hall–Kier alpha value is -2.02. The van der Waals surface area contributed by atoms with Crippen molar-refractivity contribution < 1.29 is 17.9 Å². The summed E-state index contributed by atoms with van der Waals surface area (Å²) in [5.74, 6) is 0.307. The third kappa shape index (κ3) is 4.22. The molecule has 1 N–H and O–H groups in total. The lowest BCUT2D eigenvalue weighted by atomic mass is 10.2. The van der Waals surface area contributed by atoms with E-state index in [9.17, 15) is 13.4 Å². The number of amides is 1. The molecule has 0 fully saturated rings. The van der Waals surface area contributed by atoms with Crippen molar-refractivity contribution in [2.75, 3.05) is 5.32 Å². The number of nitrogens with one attached hydrogen (secondary N) is 1. The van der Waals surface area contributed by atoms with E-state index in [1.807, 2.05) is 0 Å². The van der Waals surface area contributed by atoms with E-state index in [0.29, 0.717) is 17.1 Å². The van der Waals surface area contributed by atoms with Gasteiger partial charge in [-0.1, -0.05) is 17.3 Å². The molecule has 7 heteroatoms. The Balaban J connectivity index is 1.95. The van der Waals surface area contributed by atoms with Gasteiger partial charge in [-0.25, -0.2) is 4.39 Å². The molecule has 0 aliphatic rings. The van der Waals surface area contributed by atoms with E-state index >= 15 is 0 Å². The quantitative estimate of drug-likeness (QED) is 0.920. The van der Waals surface area contributed by atoms with Crippen molar-refractivity contribution in [3.8, 4) is 0 Å². The van der Waals surface area contributed by atoms with Gasteiger partial charge in [0.2, 0.25) is 5.91 Å². The van der Waals surface area contributed by atoms with Crippen molar-refractivity contribution in [3.05, 3.63) is 47.5 Å². The van der Waals surface area contributed by atoms with Crippen LogP contribution in [0.15, 0.2) is 34.9 Å². The lowest BCUT2D eigenvalue weighted by molar-refractivity contribution is -0.115. The molecule has 21 heavy (non-hydrogen) atoms. The second-order valence-electron chi connectivity index (χ2n) is 4.61. The average Bonchev–Trinajstić information content (AvgIpc) is 2.85. The summed E-state index contributed by atoms with van der Waals surface area (Å²) in [6.45, 7) is 3.28. The predicted molar refractivity (Wildman–Crippen MR) is 77.6 cm³/mol. The number of nitrogens with zero attached hydrogens (tertiary/aromatic N) is 1. The summed E-state index contributed by atoms with van der Waals surface area (Å²) in [6.07, 6.45) is 0. The molecule has 0 unspecified atom stereocenters. The highest BCUT2D eigenvalue weighted by Crippen LogP contribution is 2.12. The fourth-order valence-corrected chi connectivity index (χ4v) is 2.71. The van der Waals surface area contributed by atoms with Gasteiger partial charge in [0.1, 0.15) is 16.8 Å². The number of carbonyl (C=O) groups is 1. The van der Waals surface area contributed by atoms with Crippen molar-refractivity contribution in [2.24, 2.45) is 0 Å². The minimum Gasteiger partial charge on any atom is -0.360 e. The Morgan fingerprint density at radius 1 is 1.43 bits per heavy atom. The maximum atomic E-state index is 12.8. The highest BCUT2D eigenvalue weighted by Gasteiger charge is 2.21. The number of rotatable bonds is 5. The largest absolute Gasteiger partial charge is 0.360 e. The molecule has 2 atom stereocenters. The van der Waals surface area contributed by atoms with Crippen LogP contribution in [0.4, 0.5) is 10.2 Å². The van der Waals surface area contributed by atoms with Crippen LogP contribution in [0.1, 0.15) is 18.2 Å². The second-order valence-corrected chi connectivity index (χ2v) is 6.36. The van der Waals surface area contributed by atoms with Gasteiger partial charge in [0.25, 0.3) is 0 Å². The van der Waals surface area contributed by atoms with Crippen LogP contribution in [-0.2, 0) is 21.3 Å². The van der Waals surface area contributed by atoms with E-state index < -0.39 is 22.0 Å². The number of hydrogen-bond acceptors (Lipinski definition) is 4. The van der Waals surface area contributed by atoms with Gasteiger partial charge in [-0.15, -0.1) is 0 Å². The van der Waals surface area contributed by atoms with Crippen molar-refractivity contribution in [1.82, 2.24) is 5.16 Å². The Kier molecular flexibility index (Phi) is 4.85. The molecule has 112 valence electrons. The van der Waals surface area contributed by atoms with Crippen LogP contribution in [0.5, 0.6) is 0 Å². The fraction of sp³-hybridized carbons (Fsp3) is 0.286. The molecule has 0 bridgehead atoms. The molecule has 1 amide bonds. The summed E-state index contributed by atoms with van der Waals surface area (Å²) in [4.78, 5) is 12.0. The molecular weight excluding hydrogens is 295 g/mol. The molecule has 1 aromatic carbocycles. The molecule has 5 nitrogen and oxygen atoms in total. The van der Waals surface area contributed by atoms with E-state index in [1.165, 1.54) is 12.1 Å². The van der Waals surface area contributed by atoms with E-state index in [0.717, 1.165) is 0 Å². The molecule has 0 spiro atoms. The van der Waals surface area contributed by atoms with Gasteiger partial charge in [0.05, 0.1) is 0 Å². The highest BCUT2D eigenvalue weighted by molar-refractivity contribution is 7.85. The summed E-state index contributed by atoms with van der Waals surface area (Å²) < 4.78 is 29.8. The van der Waals surface area contributed by atoms with Crippen LogP contribution in [-0.4, -0.2) is 20.5 Å². The molecule has 2 aromatic rings. The van der Waals surface area contributed by atoms with Crippen LogP contribution in [0.25, 0.3) is 0 Å². The highest BCUT2D eigenvalue weighted by atomic mass is 32.2. The normalized spacial score (nSPS) is 13.7. The third-order valence-corrected chi connectivity index (χ3v) is 4.49. The maximum absolute atomic E-state index is 12.8. The Morgan fingerprint density at radius 3 is 2.67 bits per heavy atom. The number of anilines is 1. The lowest BCUT2D eigenvalue weighted by Crippen LogP contribution is -2.29. The van der Waals surface area contributed by atoms with Crippen molar-refractivity contribution >= 4 is 22.5 Å². The minimum absolute atomic E-state index is 0.187. The first-order chi connectivity index (χ1) is 9.95. The minimum atomic E-state index is -1.41. The Bertz CT molecular complexity index is 654. The third-order valence-electron chi connectivity index (χ3n) is 2.86. The standard InChI is InChI=1S/C14H15FN2O3S/c1-9-7-13(17-20-9)16-14(18)10(2)21(19)8-11-3-5-12(15)6-4-11/h3-7,10H,8H2,1-2H3,(H,16,17,18)/t10-,21-/m0/s1. The summed E-state index contributed by atoms with van der Waals surface area (Å²) in [5, 5.41) is 5.47. The van der Waals surface area contributed by atoms with Crippen molar-refractivity contribution in [1.29, 1.82) is 0 Å². The molecule has 0 radical (unpaired) electrons. The Labute approximate surface area is 124 Å². The molecule has 0 aliphatic carbocycles. The first kappa shape index (κ1) is 15.4. The van der Waals surface area contributed by atoms with E-state index in [-0.39, 0.29) is 11.6 Å². The molecule has 0 saturated carbocycles. The first-order valence-corrected chi connectivity index (χ1v) is 7.69. The van der Waals surface area contributed by atoms with Gasteiger partial charge in [0, 0.05) is 22.6 Å². The number of aryl methyl sites for hydroxylation is 1. The topological polar surface area (TPSA) is 72.2 Å². The molecule has 0 saturated heterocycles. The van der Waals surface area contributed by atoms with Gasteiger partial charge in [-0.3, -0.25) is 9.00 Å². The zero-order valence-corrected chi connectivity index (χ0v) is 12.4. The molecular formula is C14H15FN2O3S. The molecule has 0 aliphatic heterocycles. The summed E-state index contributed by atoms with van der Waals surface area (Å²) >= 11 is 0. The fourth-order valence-electron chi connectivity index (χ4n) is 1.64. The predicted octanol–water partition coefficient (Wildman–Crippen LogP) is 2.40. The SMILES string of the molecule is Cc1cc(NC(=O)[C@H](C)[S@@](=O)Cc2ccc(F)cc2)no1. The van der Waals surface area contributed by atoms with Crippen LogP contribution in [0.3, 0.4) is 0 Å². The summed E-state index contributed by atoms with van der Waals surface area (Å²) in [7, 11) is -1.41. The van der Waals surface area contributed by atoms with Crippen LogP contribution in [0, 0.1) is 12.7 Å². The zero-order valence-electron chi connectivity index (χ0n) is 11.6. The number of hydrogen-bond donors (Lipinski definition) is 1. The van der Waals surface area contributed by atoms with Crippen molar-refractivity contribution in [2.45, 2.75) is 24.9 Å². The second kappa shape index (κ2) is 6.62. The van der Waals surface area contributed by atoms with Gasteiger partial charge >= 0.3 is 0 Å². The number of benzene rings is 1. The summed E-state index contributed by atoms with van der Waals surface area (Å²) in [6, 6.07) is 7.29. The molecule has 1 aromatic heterocycles. The zero-order chi connectivity index (χ0) is 15.4. The number of carbonyl (C=O) groups excluding carboxylic acids is 1. The smallest absolute Gasteiger partial charge is 0.241 e. The van der Waals surface area contributed by atoms with Gasteiger partial charge in [0.15, 0.2) is 5.82 Å². The number of aromatic nitrogens is 1. The monoisotopic (exact) mass is 310 g/mol. The van der Waals surface area contributed by atoms with Crippen molar-refractivity contribution in [3.63, 3.8) is 0 Å². The van der Waals surface area contributed by atoms with Crippen LogP contribution >= 0.6 is 0 Å². The van der Waals surface area contributed by atoms with Gasteiger partial charge in [-0.2, -0.15) is 0 Å². The van der Waals surface area contributed by atoms with E-state index in [1.54, 1.807) is 32.0 Å². The Morgan fingerprint density at radius 2 is 2.10 bits per heavy atom. The summed E-state index contributed by atoms with van der Waals surface area (Å²) in [5.41, 5.74) is 0.715. The van der Waals surface area contributed by atoms with E-state index in [2.05, 4.69) is 10.5 Å². The van der Waals surface area contributed by atoms with Gasteiger partial charge in [-0.05, 0) is 31.5 Å². The maximum Gasteiger partial charge on any atom is 0.241 e. The van der Waals surface area contributed by atoms with Gasteiger partial charge < -0.3 is 9.84 Å². The van der Waals surface area contributed by atoms with E-state index in [4.69, 9.17) is 4.52 Å². The number of halogens is 1. The van der Waals surface area contributed by atoms with Crippen LogP contribution < -0.4 is 5.32 Å². The first-order valence-electron chi connectivity index (χ1n) is 6.31. The van der Waals surface area contributed by atoms with Crippen LogP contribution in [0.2, 0.25) is 0 Å². The molecule has 2 rings (SSSR count). The lowest BCUT2D eigenvalue weighted by Gasteiger charge is -2.10.